The largest absolute Gasteiger partial charge is 0.339 e. The first-order valence-corrected chi connectivity index (χ1v) is 7.71. The van der Waals surface area contributed by atoms with Gasteiger partial charge in [0.1, 0.15) is 5.82 Å². The number of carbonyl (C=O) groups is 1. The number of hydrogen-bond donors (Lipinski definition) is 0. The van der Waals surface area contributed by atoms with Gasteiger partial charge in [-0.05, 0) is 56.7 Å². The molecular formula is C17H22FNO. The van der Waals surface area contributed by atoms with E-state index in [2.05, 4.69) is 11.8 Å². The van der Waals surface area contributed by atoms with Crippen molar-refractivity contribution in [3.05, 3.63) is 35.6 Å². The lowest BCUT2D eigenvalue weighted by atomic mass is 9.63. The molecule has 1 unspecified atom stereocenters. The van der Waals surface area contributed by atoms with Crippen LogP contribution in [0.1, 0.15) is 51.0 Å². The van der Waals surface area contributed by atoms with Gasteiger partial charge in [0.25, 0.3) is 0 Å². The van der Waals surface area contributed by atoms with Crippen LogP contribution >= 0.6 is 0 Å². The molecule has 108 valence electrons. The Hall–Kier alpha value is -1.38. The number of halogens is 1. The van der Waals surface area contributed by atoms with Gasteiger partial charge >= 0.3 is 0 Å². The Kier molecular flexibility index (Phi) is 3.53. The maximum Gasteiger partial charge on any atom is 0.233 e. The maximum absolute atomic E-state index is 13.1. The van der Waals surface area contributed by atoms with Crippen molar-refractivity contribution < 1.29 is 9.18 Å². The topological polar surface area (TPSA) is 20.3 Å². The van der Waals surface area contributed by atoms with E-state index in [0.29, 0.717) is 6.04 Å². The summed E-state index contributed by atoms with van der Waals surface area (Å²) in [6.07, 6.45) is 6.32. The lowest BCUT2D eigenvalue weighted by Gasteiger charge is -2.46. The van der Waals surface area contributed by atoms with Crippen LogP contribution in [0.25, 0.3) is 0 Å². The van der Waals surface area contributed by atoms with Crippen LogP contribution in [-0.4, -0.2) is 23.4 Å². The second kappa shape index (κ2) is 5.19. The molecule has 3 heteroatoms. The van der Waals surface area contributed by atoms with Crippen LogP contribution in [0.3, 0.4) is 0 Å². The molecule has 20 heavy (non-hydrogen) atoms. The molecule has 0 N–H and O–H groups in total. The number of carbonyl (C=O) groups excluding carboxylic acids is 1. The number of nitrogens with zero attached hydrogens (tertiary/aromatic N) is 1. The van der Waals surface area contributed by atoms with Crippen LogP contribution in [0.15, 0.2) is 24.3 Å². The first-order valence-electron chi connectivity index (χ1n) is 7.71. The fraction of sp³-hybridized carbons (Fsp3) is 0.588. The first-order chi connectivity index (χ1) is 9.63. The molecule has 1 atom stereocenters. The summed E-state index contributed by atoms with van der Waals surface area (Å²) >= 11 is 0. The van der Waals surface area contributed by atoms with E-state index < -0.39 is 0 Å². The Balaban J connectivity index is 1.88. The fourth-order valence-corrected chi connectivity index (χ4v) is 3.60. The summed E-state index contributed by atoms with van der Waals surface area (Å²) in [6, 6.07) is 6.88. The van der Waals surface area contributed by atoms with E-state index in [1.165, 1.54) is 18.6 Å². The van der Waals surface area contributed by atoms with E-state index >= 15 is 0 Å². The normalized spacial score (nSPS) is 25.1. The third-order valence-corrected chi connectivity index (χ3v) is 5.08. The van der Waals surface area contributed by atoms with Crippen LogP contribution in [0, 0.1) is 5.82 Å². The van der Waals surface area contributed by atoms with Gasteiger partial charge in [0, 0.05) is 12.6 Å². The van der Waals surface area contributed by atoms with Crippen molar-refractivity contribution in [1.29, 1.82) is 0 Å². The van der Waals surface area contributed by atoms with Gasteiger partial charge in [-0.25, -0.2) is 4.39 Å². The van der Waals surface area contributed by atoms with Gasteiger partial charge in [-0.1, -0.05) is 18.6 Å². The Labute approximate surface area is 120 Å². The summed E-state index contributed by atoms with van der Waals surface area (Å²) in [5.41, 5.74) is 0.618. The number of rotatable bonds is 2. The summed E-state index contributed by atoms with van der Waals surface area (Å²) in [4.78, 5) is 15.1. The highest BCUT2D eigenvalue weighted by Crippen LogP contribution is 2.46. The summed E-state index contributed by atoms with van der Waals surface area (Å²) in [7, 11) is 0. The van der Waals surface area contributed by atoms with Crippen molar-refractivity contribution in [3.63, 3.8) is 0 Å². The molecule has 2 aliphatic rings. The maximum atomic E-state index is 13.1. The number of hydrogen-bond acceptors (Lipinski definition) is 1. The quantitative estimate of drug-likeness (QED) is 0.807. The number of benzene rings is 1. The van der Waals surface area contributed by atoms with Crippen LogP contribution in [0.5, 0.6) is 0 Å². The summed E-state index contributed by atoms with van der Waals surface area (Å²) in [6.45, 7) is 3.02. The second-order valence-corrected chi connectivity index (χ2v) is 6.29. The van der Waals surface area contributed by atoms with E-state index in [1.807, 2.05) is 0 Å². The van der Waals surface area contributed by atoms with Crippen LogP contribution < -0.4 is 0 Å². The van der Waals surface area contributed by atoms with E-state index in [9.17, 15) is 9.18 Å². The van der Waals surface area contributed by atoms with Crippen molar-refractivity contribution in [3.8, 4) is 0 Å². The Bertz CT molecular complexity index is 492. The Morgan fingerprint density at radius 3 is 2.45 bits per heavy atom. The molecule has 1 amide bonds. The molecule has 3 rings (SSSR count). The molecule has 2 fully saturated rings. The summed E-state index contributed by atoms with van der Waals surface area (Å²) in [5.74, 6) is 0.0320. The minimum atomic E-state index is -0.376. The lowest BCUT2D eigenvalue weighted by Crippen LogP contribution is -2.54. The van der Waals surface area contributed by atoms with Gasteiger partial charge in [0.2, 0.25) is 5.91 Å². The molecule has 1 saturated carbocycles. The highest BCUT2D eigenvalue weighted by atomic mass is 19.1. The zero-order chi connectivity index (χ0) is 14.2. The highest BCUT2D eigenvalue weighted by molar-refractivity contribution is 5.89. The number of likely N-dealkylation sites (tertiary alicyclic amines) is 1. The number of piperidine rings is 1. The monoisotopic (exact) mass is 275 g/mol. The van der Waals surface area contributed by atoms with E-state index in [4.69, 9.17) is 0 Å². The zero-order valence-corrected chi connectivity index (χ0v) is 12.1. The summed E-state index contributed by atoms with van der Waals surface area (Å²) < 4.78 is 13.1. The van der Waals surface area contributed by atoms with E-state index in [0.717, 1.165) is 44.2 Å². The smallest absolute Gasteiger partial charge is 0.233 e. The predicted molar refractivity (Wildman–Crippen MR) is 77.0 cm³/mol. The first kappa shape index (κ1) is 13.6. The molecule has 1 aromatic rings. The molecule has 0 radical (unpaired) electrons. The van der Waals surface area contributed by atoms with Gasteiger partial charge in [-0.3, -0.25) is 4.79 Å². The molecule has 1 aromatic carbocycles. The molecule has 0 aromatic heterocycles. The minimum Gasteiger partial charge on any atom is -0.339 e. The Morgan fingerprint density at radius 1 is 1.20 bits per heavy atom. The minimum absolute atomic E-state index is 0.234. The predicted octanol–water partition coefficient (Wildman–Crippen LogP) is 3.65. The molecule has 0 bridgehead atoms. The molecule has 1 heterocycles. The lowest BCUT2D eigenvalue weighted by molar-refractivity contribution is -0.144. The van der Waals surface area contributed by atoms with Gasteiger partial charge in [-0.15, -0.1) is 0 Å². The van der Waals surface area contributed by atoms with Crippen LogP contribution in [-0.2, 0) is 10.2 Å². The highest BCUT2D eigenvalue weighted by Gasteiger charge is 2.48. The molecular weight excluding hydrogens is 253 g/mol. The molecule has 1 saturated heterocycles. The molecule has 1 aliphatic heterocycles. The molecule has 1 aliphatic carbocycles. The van der Waals surface area contributed by atoms with Gasteiger partial charge in [-0.2, -0.15) is 0 Å². The van der Waals surface area contributed by atoms with Crippen molar-refractivity contribution in [2.75, 3.05) is 6.54 Å². The third kappa shape index (κ3) is 2.13. The average Bonchev–Trinajstić information content (AvgIpc) is 2.40. The van der Waals surface area contributed by atoms with Crippen molar-refractivity contribution in [2.24, 2.45) is 0 Å². The molecule has 2 nitrogen and oxygen atoms in total. The van der Waals surface area contributed by atoms with Crippen molar-refractivity contribution in [1.82, 2.24) is 4.90 Å². The van der Waals surface area contributed by atoms with Crippen LogP contribution in [0.4, 0.5) is 4.39 Å². The van der Waals surface area contributed by atoms with Gasteiger partial charge in [0.15, 0.2) is 0 Å². The fourth-order valence-electron chi connectivity index (χ4n) is 3.60. The summed E-state index contributed by atoms with van der Waals surface area (Å²) in [5, 5.41) is 0. The standard InChI is InChI=1S/C17H22FNO/c1-13-5-2-3-12-19(13)16(20)17(10-4-11-17)14-6-8-15(18)9-7-14/h6-9,13H,2-5,10-12H2,1H3. The van der Waals surface area contributed by atoms with Crippen molar-refractivity contribution in [2.45, 2.75) is 56.9 Å². The van der Waals surface area contributed by atoms with E-state index in [-0.39, 0.29) is 17.1 Å². The number of amides is 1. The zero-order valence-electron chi connectivity index (χ0n) is 12.1. The third-order valence-electron chi connectivity index (χ3n) is 5.08. The van der Waals surface area contributed by atoms with E-state index in [1.54, 1.807) is 12.1 Å². The van der Waals surface area contributed by atoms with Gasteiger partial charge in [0.05, 0.1) is 5.41 Å². The molecule has 0 spiro atoms. The van der Waals surface area contributed by atoms with Crippen LogP contribution in [0.2, 0.25) is 0 Å². The van der Waals surface area contributed by atoms with Gasteiger partial charge < -0.3 is 4.90 Å². The second-order valence-electron chi connectivity index (χ2n) is 6.29. The van der Waals surface area contributed by atoms with Crippen molar-refractivity contribution >= 4 is 5.91 Å². The average molecular weight is 275 g/mol. The Morgan fingerprint density at radius 2 is 1.90 bits per heavy atom. The SMILES string of the molecule is CC1CCCCN1C(=O)C1(c2ccc(F)cc2)CCC1.